The molecule has 2 heteroatoms. The van der Waals surface area contributed by atoms with Crippen LogP contribution in [0.2, 0.25) is 0 Å². The summed E-state index contributed by atoms with van der Waals surface area (Å²) >= 11 is 6.00. The van der Waals surface area contributed by atoms with Gasteiger partial charge in [-0.15, -0.1) is 0 Å². The van der Waals surface area contributed by atoms with Crippen LogP contribution in [0.4, 0.5) is 0 Å². The first-order chi connectivity index (χ1) is 5.38. The molecule has 2 rings (SSSR count). The lowest BCUT2D eigenvalue weighted by atomic mass is 10.2. The van der Waals surface area contributed by atoms with Crippen molar-refractivity contribution in [3.8, 4) is 0 Å². The number of nitrogens with zero attached hydrogens (tertiary/aromatic N) is 1. The third-order valence-electron chi connectivity index (χ3n) is 1.73. The lowest BCUT2D eigenvalue weighted by Gasteiger charge is -2.28. The van der Waals surface area contributed by atoms with Gasteiger partial charge >= 0.3 is 0 Å². The number of hydrogen-bond acceptors (Lipinski definition) is 1. The second-order valence-corrected chi connectivity index (χ2v) is 2.90. The quantitative estimate of drug-likeness (QED) is 0.394. The highest BCUT2D eigenvalue weighted by Gasteiger charge is 2.15. The van der Waals surface area contributed by atoms with Crippen molar-refractivity contribution in [3.63, 3.8) is 0 Å². The monoisotopic (exact) mass is 165 g/mol. The molecule has 0 fully saturated rings. The summed E-state index contributed by atoms with van der Waals surface area (Å²) < 4.78 is 0. The molecule has 2 heterocycles. The predicted octanol–water partition coefficient (Wildman–Crippen LogP) is 2.39. The molecule has 2 aliphatic heterocycles. The maximum atomic E-state index is 6.00. The minimum atomic E-state index is -0.0313. The molecule has 0 spiro atoms. The molecular formula is C9H8ClN. The Hall–Kier alpha value is -0.950. The number of fused-ring (bicyclic) bond motifs is 1. The smallest absolute Gasteiger partial charge is 0.127 e. The molecule has 1 atom stereocenters. The number of hydrogen-bond donors (Lipinski definition) is 0. The Balaban J connectivity index is 2.35. The van der Waals surface area contributed by atoms with E-state index in [1.165, 1.54) is 0 Å². The average Bonchev–Trinajstić information content (AvgIpc) is 2.06. The van der Waals surface area contributed by atoms with E-state index in [1.54, 1.807) is 0 Å². The highest BCUT2D eigenvalue weighted by atomic mass is 35.5. The van der Waals surface area contributed by atoms with E-state index in [0.717, 1.165) is 5.70 Å². The van der Waals surface area contributed by atoms with Gasteiger partial charge in [0, 0.05) is 11.9 Å². The fourth-order valence-electron chi connectivity index (χ4n) is 1.17. The molecule has 1 nitrogen and oxygen atoms in total. The second kappa shape index (κ2) is 2.59. The van der Waals surface area contributed by atoms with Crippen LogP contribution in [-0.2, 0) is 0 Å². The van der Waals surface area contributed by atoms with Crippen LogP contribution < -0.4 is 0 Å². The number of allylic oxidation sites excluding steroid dienone is 5. The van der Waals surface area contributed by atoms with Gasteiger partial charge in [-0.2, -0.15) is 0 Å². The maximum Gasteiger partial charge on any atom is 0.127 e. The molecular weight excluding hydrogens is 158 g/mol. The Morgan fingerprint density at radius 3 is 3.00 bits per heavy atom. The summed E-state index contributed by atoms with van der Waals surface area (Å²) in [7, 11) is 0. The Morgan fingerprint density at radius 1 is 1.27 bits per heavy atom. The van der Waals surface area contributed by atoms with Gasteiger partial charge in [-0.05, 0) is 24.3 Å². The summed E-state index contributed by atoms with van der Waals surface area (Å²) in [6, 6.07) is 0. The first-order valence-corrected chi connectivity index (χ1v) is 3.97. The van der Waals surface area contributed by atoms with Gasteiger partial charge in [0.25, 0.3) is 0 Å². The van der Waals surface area contributed by atoms with Crippen LogP contribution in [0, 0.1) is 0 Å². The Kier molecular flexibility index (Phi) is 1.59. The molecule has 0 radical (unpaired) electrons. The van der Waals surface area contributed by atoms with Crippen LogP contribution in [-0.4, -0.2) is 10.4 Å². The van der Waals surface area contributed by atoms with Crippen LogP contribution in [0.5, 0.6) is 0 Å². The average molecular weight is 166 g/mol. The van der Waals surface area contributed by atoms with Gasteiger partial charge in [0.2, 0.25) is 0 Å². The molecule has 0 saturated carbocycles. The summed E-state index contributed by atoms with van der Waals surface area (Å²) in [5.74, 6) is 0. The molecule has 0 amide bonds. The third-order valence-corrected chi connectivity index (χ3v) is 2.08. The number of rotatable bonds is 0. The first kappa shape index (κ1) is 6.74. The zero-order chi connectivity index (χ0) is 7.68. The normalized spacial score (nSPS) is 26.8. The molecule has 0 saturated heterocycles. The molecule has 1 unspecified atom stereocenters. The first-order valence-electron chi connectivity index (χ1n) is 3.54. The topological polar surface area (TPSA) is 3.24 Å². The minimum absolute atomic E-state index is 0.0313. The van der Waals surface area contributed by atoms with Crippen molar-refractivity contribution < 1.29 is 0 Å². The fraction of sp³-hybridized carbons (Fsp3) is 0.111. The Morgan fingerprint density at radius 2 is 2.18 bits per heavy atom. The molecule has 0 aliphatic carbocycles. The van der Waals surface area contributed by atoms with Crippen molar-refractivity contribution in [1.29, 1.82) is 0 Å². The van der Waals surface area contributed by atoms with Crippen molar-refractivity contribution in [3.05, 3.63) is 48.4 Å². The van der Waals surface area contributed by atoms with Crippen molar-refractivity contribution in [2.75, 3.05) is 0 Å². The molecule has 0 N–H and O–H groups in total. The zero-order valence-electron chi connectivity index (χ0n) is 5.94. The number of halogens is 1. The van der Waals surface area contributed by atoms with Crippen molar-refractivity contribution in [1.82, 2.24) is 4.90 Å². The van der Waals surface area contributed by atoms with Crippen molar-refractivity contribution in [2.24, 2.45) is 0 Å². The van der Waals surface area contributed by atoms with E-state index < -0.39 is 0 Å². The van der Waals surface area contributed by atoms with Gasteiger partial charge in [0.05, 0.1) is 0 Å². The molecule has 0 aromatic rings. The summed E-state index contributed by atoms with van der Waals surface area (Å²) in [5.41, 5.74) is 1.12. The summed E-state index contributed by atoms with van der Waals surface area (Å²) in [5, 5.41) is 0. The molecule has 0 aromatic heterocycles. The molecule has 2 aliphatic rings. The van der Waals surface area contributed by atoms with Gasteiger partial charge in [-0.1, -0.05) is 23.8 Å². The third kappa shape index (κ3) is 1.12. The molecule has 0 bridgehead atoms. The Bertz CT molecular complexity index is 273. The highest BCUT2D eigenvalue weighted by molar-refractivity contribution is 6.21. The SMILES string of the molecule is ClC1C=CC=C2C=CC=CN21. The van der Waals surface area contributed by atoms with Gasteiger partial charge in [-0.25, -0.2) is 0 Å². The lowest BCUT2D eigenvalue weighted by molar-refractivity contribution is 0.485. The highest BCUT2D eigenvalue weighted by Crippen LogP contribution is 2.22. The van der Waals surface area contributed by atoms with Crippen LogP contribution in [0.1, 0.15) is 0 Å². The van der Waals surface area contributed by atoms with E-state index in [9.17, 15) is 0 Å². The molecule has 11 heavy (non-hydrogen) atoms. The largest absolute Gasteiger partial charge is 0.328 e. The van der Waals surface area contributed by atoms with E-state index >= 15 is 0 Å². The van der Waals surface area contributed by atoms with Crippen LogP contribution >= 0.6 is 11.6 Å². The van der Waals surface area contributed by atoms with Gasteiger partial charge < -0.3 is 4.90 Å². The second-order valence-electron chi connectivity index (χ2n) is 2.46. The maximum absolute atomic E-state index is 6.00. The summed E-state index contributed by atoms with van der Waals surface area (Å²) in [6.45, 7) is 0. The summed E-state index contributed by atoms with van der Waals surface area (Å²) in [4.78, 5) is 2.02. The van der Waals surface area contributed by atoms with Crippen LogP contribution in [0.25, 0.3) is 0 Å². The van der Waals surface area contributed by atoms with E-state index in [1.807, 2.05) is 47.6 Å². The van der Waals surface area contributed by atoms with Crippen molar-refractivity contribution >= 4 is 11.6 Å². The van der Waals surface area contributed by atoms with Gasteiger partial charge in [0.1, 0.15) is 5.50 Å². The predicted molar refractivity (Wildman–Crippen MR) is 47.0 cm³/mol. The van der Waals surface area contributed by atoms with E-state index in [4.69, 9.17) is 11.6 Å². The van der Waals surface area contributed by atoms with Gasteiger partial charge in [-0.3, -0.25) is 0 Å². The summed E-state index contributed by atoms with van der Waals surface area (Å²) in [6.07, 6.45) is 14.0. The van der Waals surface area contributed by atoms with Gasteiger partial charge in [0.15, 0.2) is 0 Å². The number of alkyl halides is 1. The van der Waals surface area contributed by atoms with Crippen LogP contribution in [0.3, 0.4) is 0 Å². The van der Waals surface area contributed by atoms with E-state index in [0.29, 0.717) is 0 Å². The molecule has 56 valence electrons. The zero-order valence-corrected chi connectivity index (χ0v) is 6.70. The molecule has 0 aromatic carbocycles. The van der Waals surface area contributed by atoms with Crippen LogP contribution in [0.15, 0.2) is 48.4 Å². The standard InChI is InChI=1S/C9H8ClN/c10-9-6-3-5-8-4-1-2-7-11(8)9/h1-7,9H. The fourth-order valence-corrected chi connectivity index (χ4v) is 1.44. The van der Waals surface area contributed by atoms with E-state index in [2.05, 4.69) is 0 Å². The Labute approximate surface area is 71.0 Å². The lowest BCUT2D eigenvalue weighted by Crippen LogP contribution is -2.25. The van der Waals surface area contributed by atoms with E-state index in [-0.39, 0.29) is 5.50 Å². The van der Waals surface area contributed by atoms with Crippen molar-refractivity contribution in [2.45, 2.75) is 5.50 Å². The minimum Gasteiger partial charge on any atom is -0.328 e.